The van der Waals surface area contributed by atoms with Gasteiger partial charge in [-0.1, -0.05) is 6.07 Å². The third-order valence-corrected chi connectivity index (χ3v) is 1.76. The summed E-state index contributed by atoms with van der Waals surface area (Å²) in [6.45, 7) is 3.76. The van der Waals surface area contributed by atoms with Crippen LogP contribution >= 0.6 is 0 Å². The van der Waals surface area contributed by atoms with Gasteiger partial charge in [0.15, 0.2) is 0 Å². The molecule has 1 aromatic carbocycles. The van der Waals surface area contributed by atoms with E-state index in [2.05, 4.69) is 4.74 Å². The van der Waals surface area contributed by atoms with E-state index in [1.165, 1.54) is 0 Å². The average Bonchev–Trinajstić information content (AvgIpc) is 2.17. The molecule has 0 spiro atoms. The van der Waals surface area contributed by atoms with Crippen LogP contribution in [0.1, 0.15) is 18.1 Å². The van der Waals surface area contributed by atoms with Gasteiger partial charge < -0.3 is 14.6 Å². The highest BCUT2D eigenvalue weighted by atomic mass is 16.7. The smallest absolute Gasteiger partial charge is 0.434 e. The first-order valence-corrected chi connectivity index (χ1v) is 4.71. The van der Waals surface area contributed by atoms with Crippen LogP contribution in [0.2, 0.25) is 0 Å². The number of carbonyl (C=O) groups excluding carboxylic acids is 1. The molecule has 0 aliphatic rings. The summed E-state index contributed by atoms with van der Waals surface area (Å²) in [4.78, 5) is 11.0. The van der Waals surface area contributed by atoms with E-state index in [4.69, 9.17) is 9.84 Å². The maximum atomic E-state index is 11.0. The zero-order valence-corrected chi connectivity index (χ0v) is 8.82. The normalized spacial score (nSPS) is 9.80. The number of benzene rings is 1. The number of aryl methyl sites for hydroxylation is 1. The Bertz CT molecular complexity index is 346. The van der Waals surface area contributed by atoms with Crippen LogP contribution in [0.3, 0.4) is 0 Å². The second-order valence-electron chi connectivity index (χ2n) is 3.10. The molecule has 1 rings (SSSR count). The monoisotopic (exact) mass is 210 g/mol. The van der Waals surface area contributed by atoms with Crippen molar-refractivity contribution in [3.8, 4) is 5.75 Å². The fourth-order valence-electron chi connectivity index (χ4n) is 1.22. The molecule has 0 heterocycles. The van der Waals surface area contributed by atoms with Gasteiger partial charge in [-0.25, -0.2) is 4.79 Å². The number of hydrogen-bond acceptors (Lipinski definition) is 4. The lowest BCUT2D eigenvalue weighted by atomic mass is 10.1. The highest BCUT2D eigenvalue weighted by Gasteiger charge is 2.06. The van der Waals surface area contributed by atoms with E-state index in [0.717, 1.165) is 5.56 Å². The zero-order valence-electron chi connectivity index (χ0n) is 8.82. The minimum Gasteiger partial charge on any atom is -0.434 e. The fraction of sp³-hybridized carbons (Fsp3) is 0.364. The first-order valence-electron chi connectivity index (χ1n) is 4.71. The Balaban J connectivity index is 2.76. The summed E-state index contributed by atoms with van der Waals surface area (Å²) in [5, 5.41) is 8.95. The van der Waals surface area contributed by atoms with Crippen LogP contribution in [0.25, 0.3) is 0 Å². The Morgan fingerprint density at radius 2 is 2.13 bits per heavy atom. The maximum absolute atomic E-state index is 11.0. The molecule has 1 N–H and O–H groups in total. The maximum Gasteiger partial charge on any atom is 0.513 e. The molecule has 0 aromatic heterocycles. The zero-order chi connectivity index (χ0) is 11.3. The molecule has 0 saturated carbocycles. The van der Waals surface area contributed by atoms with Crippen LogP contribution in [0.5, 0.6) is 5.75 Å². The largest absolute Gasteiger partial charge is 0.513 e. The standard InChI is InChI=1S/C11H14O4/c1-3-14-11(13)15-10-5-8(2)4-9(6-10)7-12/h4-6,12H,3,7H2,1-2H3. The first-order chi connectivity index (χ1) is 7.15. The van der Waals surface area contributed by atoms with Crippen LogP contribution < -0.4 is 4.74 Å². The molecule has 0 amide bonds. The number of aliphatic hydroxyl groups excluding tert-OH is 1. The van der Waals surface area contributed by atoms with Gasteiger partial charge in [-0.05, 0) is 37.1 Å². The highest BCUT2D eigenvalue weighted by molar-refractivity contribution is 5.64. The molecule has 0 bridgehead atoms. The van der Waals surface area contributed by atoms with Crippen LogP contribution in [0, 0.1) is 6.92 Å². The second-order valence-corrected chi connectivity index (χ2v) is 3.10. The summed E-state index contributed by atoms with van der Waals surface area (Å²) >= 11 is 0. The van der Waals surface area contributed by atoms with E-state index in [-0.39, 0.29) is 13.2 Å². The molecule has 0 aliphatic heterocycles. The number of hydrogen-bond donors (Lipinski definition) is 1. The summed E-state index contributed by atoms with van der Waals surface area (Å²) in [6.07, 6.45) is -0.730. The lowest BCUT2D eigenvalue weighted by Gasteiger charge is -2.06. The fourth-order valence-corrected chi connectivity index (χ4v) is 1.22. The lowest BCUT2D eigenvalue weighted by molar-refractivity contribution is 0.104. The van der Waals surface area contributed by atoms with Crippen molar-refractivity contribution in [2.45, 2.75) is 20.5 Å². The van der Waals surface area contributed by atoms with Crippen molar-refractivity contribution in [3.05, 3.63) is 29.3 Å². The van der Waals surface area contributed by atoms with E-state index in [1.54, 1.807) is 19.1 Å². The van der Waals surface area contributed by atoms with E-state index >= 15 is 0 Å². The van der Waals surface area contributed by atoms with E-state index in [1.807, 2.05) is 13.0 Å². The van der Waals surface area contributed by atoms with Gasteiger partial charge in [0.1, 0.15) is 5.75 Å². The predicted octanol–water partition coefficient (Wildman–Crippen LogP) is 2.02. The molecule has 1 aromatic rings. The Kier molecular flexibility index (Phi) is 4.12. The number of aliphatic hydroxyl groups is 1. The summed E-state index contributed by atoms with van der Waals surface area (Å²) in [7, 11) is 0. The molecule has 4 nitrogen and oxygen atoms in total. The third kappa shape index (κ3) is 3.59. The van der Waals surface area contributed by atoms with Crippen LogP contribution in [-0.2, 0) is 11.3 Å². The Hall–Kier alpha value is -1.55. The third-order valence-electron chi connectivity index (χ3n) is 1.76. The van der Waals surface area contributed by atoms with E-state index < -0.39 is 6.16 Å². The summed E-state index contributed by atoms with van der Waals surface area (Å²) in [5.41, 5.74) is 1.62. The number of ether oxygens (including phenoxy) is 2. The van der Waals surface area contributed by atoms with Crippen LogP contribution in [0.4, 0.5) is 4.79 Å². The minimum absolute atomic E-state index is 0.0825. The summed E-state index contributed by atoms with van der Waals surface area (Å²) < 4.78 is 9.54. The van der Waals surface area contributed by atoms with Gasteiger partial charge in [0, 0.05) is 0 Å². The van der Waals surface area contributed by atoms with E-state index in [0.29, 0.717) is 11.3 Å². The quantitative estimate of drug-likeness (QED) is 0.612. The van der Waals surface area contributed by atoms with Gasteiger partial charge in [0.25, 0.3) is 0 Å². The SMILES string of the molecule is CCOC(=O)Oc1cc(C)cc(CO)c1. The molecule has 0 aliphatic carbocycles. The van der Waals surface area contributed by atoms with Crippen LogP contribution in [0.15, 0.2) is 18.2 Å². The molecule has 0 fully saturated rings. The van der Waals surface area contributed by atoms with Gasteiger partial charge >= 0.3 is 6.16 Å². The molecule has 0 radical (unpaired) electrons. The Morgan fingerprint density at radius 1 is 1.40 bits per heavy atom. The molecule has 15 heavy (non-hydrogen) atoms. The highest BCUT2D eigenvalue weighted by Crippen LogP contribution is 2.17. The predicted molar refractivity (Wildman–Crippen MR) is 54.8 cm³/mol. The molecule has 0 saturated heterocycles. The molecular weight excluding hydrogens is 196 g/mol. The van der Waals surface area contributed by atoms with Crippen molar-refractivity contribution in [2.24, 2.45) is 0 Å². The summed E-state index contributed by atoms with van der Waals surface area (Å²) in [5.74, 6) is 0.387. The first kappa shape index (κ1) is 11.5. The van der Waals surface area contributed by atoms with Gasteiger partial charge in [-0.15, -0.1) is 0 Å². The lowest BCUT2D eigenvalue weighted by Crippen LogP contribution is -2.10. The van der Waals surface area contributed by atoms with Crippen LogP contribution in [-0.4, -0.2) is 17.9 Å². The van der Waals surface area contributed by atoms with Crippen molar-refractivity contribution < 1.29 is 19.4 Å². The van der Waals surface area contributed by atoms with Crippen molar-refractivity contribution >= 4 is 6.16 Å². The molecule has 4 heteroatoms. The topological polar surface area (TPSA) is 55.8 Å². The van der Waals surface area contributed by atoms with Crippen molar-refractivity contribution in [1.82, 2.24) is 0 Å². The van der Waals surface area contributed by atoms with Crippen molar-refractivity contribution in [3.63, 3.8) is 0 Å². The Labute approximate surface area is 88.4 Å². The molecule has 82 valence electrons. The second kappa shape index (κ2) is 5.36. The molecule has 0 unspecified atom stereocenters. The number of carbonyl (C=O) groups is 1. The summed E-state index contributed by atoms with van der Waals surface area (Å²) in [6, 6.07) is 5.12. The minimum atomic E-state index is -0.730. The van der Waals surface area contributed by atoms with Gasteiger partial charge in [0.2, 0.25) is 0 Å². The van der Waals surface area contributed by atoms with E-state index in [9.17, 15) is 4.79 Å². The molecule has 0 atom stereocenters. The van der Waals surface area contributed by atoms with Crippen molar-refractivity contribution in [2.75, 3.05) is 6.61 Å². The van der Waals surface area contributed by atoms with Gasteiger partial charge in [-0.2, -0.15) is 0 Å². The average molecular weight is 210 g/mol. The van der Waals surface area contributed by atoms with Gasteiger partial charge in [0.05, 0.1) is 13.2 Å². The number of rotatable bonds is 3. The Morgan fingerprint density at radius 3 is 2.73 bits per heavy atom. The molecular formula is C11H14O4. The van der Waals surface area contributed by atoms with Gasteiger partial charge in [-0.3, -0.25) is 0 Å². The van der Waals surface area contributed by atoms with Crippen molar-refractivity contribution in [1.29, 1.82) is 0 Å².